The molecule has 0 nitrogen and oxygen atoms in total. The average Bonchev–Trinajstić information content (AvgIpc) is 2.49. The molecule has 0 N–H and O–H groups in total. The number of fused-ring (bicyclic) bond motifs is 3. The van der Waals surface area contributed by atoms with Crippen LogP contribution >= 0.6 is 0 Å². The molecule has 3 aliphatic carbocycles. The second-order valence-corrected chi connectivity index (χ2v) is 10.2. The highest BCUT2D eigenvalue weighted by atomic mass is 14.7. The normalized spacial score (nSPS) is 53.3. The van der Waals surface area contributed by atoms with Gasteiger partial charge in [-0.2, -0.15) is 0 Å². The molecule has 3 fully saturated rings. The molecular weight excluding hydrogens is 276 g/mol. The quantitative estimate of drug-likeness (QED) is 0.471. The third-order valence-corrected chi connectivity index (χ3v) is 9.72. The van der Waals surface area contributed by atoms with Crippen molar-refractivity contribution in [1.82, 2.24) is 0 Å². The Morgan fingerprint density at radius 2 is 1.65 bits per heavy atom. The molecule has 0 bridgehead atoms. The summed E-state index contributed by atoms with van der Waals surface area (Å²) < 4.78 is 0. The van der Waals surface area contributed by atoms with Gasteiger partial charge < -0.3 is 0 Å². The number of rotatable bonds is 2. The van der Waals surface area contributed by atoms with E-state index in [2.05, 4.69) is 48.1 Å². The zero-order valence-corrected chi connectivity index (χ0v) is 16.7. The molecular formula is C23H40. The van der Waals surface area contributed by atoms with Crippen LogP contribution in [0.3, 0.4) is 0 Å². The highest BCUT2D eigenvalue weighted by Gasteiger charge is 2.62. The van der Waals surface area contributed by atoms with E-state index < -0.39 is 0 Å². The van der Waals surface area contributed by atoms with Crippen molar-refractivity contribution in [2.24, 2.45) is 39.9 Å². The van der Waals surface area contributed by atoms with Crippen LogP contribution in [0, 0.1) is 39.9 Å². The van der Waals surface area contributed by atoms with E-state index in [1.807, 2.05) is 0 Å². The average molecular weight is 317 g/mol. The van der Waals surface area contributed by atoms with E-state index in [0.29, 0.717) is 16.2 Å². The van der Waals surface area contributed by atoms with Crippen LogP contribution in [-0.2, 0) is 0 Å². The minimum absolute atomic E-state index is 0.383. The van der Waals surface area contributed by atoms with Gasteiger partial charge in [0.15, 0.2) is 0 Å². The van der Waals surface area contributed by atoms with Crippen molar-refractivity contribution in [3.63, 3.8) is 0 Å². The van der Waals surface area contributed by atoms with Crippen LogP contribution < -0.4 is 0 Å². The lowest BCUT2D eigenvalue weighted by Crippen LogP contribution is -2.59. The Bertz CT molecular complexity index is 476. The molecule has 0 heterocycles. The Labute approximate surface area is 145 Å². The summed E-state index contributed by atoms with van der Waals surface area (Å²) in [5, 5.41) is 0. The molecule has 0 radical (unpaired) electrons. The third-order valence-electron chi connectivity index (χ3n) is 9.72. The molecule has 0 aromatic rings. The van der Waals surface area contributed by atoms with Gasteiger partial charge in [0.1, 0.15) is 0 Å². The number of hydrogen-bond donors (Lipinski definition) is 0. The summed E-state index contributed by atoms with van der Waals surface area (Å²) in [5.41, 5.74) is 2.99. The van der Waals surface area contributed by atoms with Crippen molar-refractivity contribution in [3.8, 4) is 0 Å². The van der Waals surface area contributed by atoms with Crippen LogP contribution in [0.1, 0.15) is 92.9 Å². The van der Waals surface area contributed by atoms with Gasteiger partial charge in [-0.05, 0) is 78.9 Å². The first-order chi connectivity index (χ1) is 10.7. The standard InChI is InChI=1S/C23H40/c1-8-19-18-15-17(4)22(6)12-9-10-13-23(22,7)20(18)11-14-21(19,5)16(2)3/h17-20H,2,8-15H2,1,3-7H3. The molecule has 23 heavy (non-hydrogen) atoms. The largest absolute Gasteiger partial charge is 0.0996 e. The predicted octanol–water partition coefficient (Wildman–Crippen LogP) is 7.25. The Kier molecular flexibility index (Phi) is 4.30. The fourth-order valence-corrected chi connectivity index (χ4v) is 7.65. The second-order valence-electron chi connectivity index (χ2n) is 10.2. The summed E-state index contributed by atoms with van der Waals surface area (Å²) >= 11 is 0. The van der Waals surface area contributed by atoms with E-state index in [-0.39, 0.29) is 0 Å². The third kappa shape index (κ3) is 2.22. The van der Waals surface area contributed by atoms with Crippen molar-refractivity contribution in [1.29, 1.82) is 0 Å². The fourth-order valence-electron chi connectivity index (χ4n) is 7.65. The van der Waals surface area contributed by atoms with Crippen molar-refractivity contribution in [2.45, 2.75) is 92.9 Å². The van der Waals surface area contributed by atoms with Gasteiger partial charge in [-0.15, -0.1) is 0 Å². The van der Waals surface area contributed by atoms with Crippen LogP contribution in [0.5, 0.6) is 0 Å². The molecule has 0 aromatic carbocycles. The van der Waals surface area contributed by atoms with Gasteiger partial charge in [-0.25, -0.2) is 0 Å². The van der Waals surface area contributed by atoms with E-state index >= 15 is 0 Å². The van der Waals surface area contributed by atoms with Gasteiger partial charge in [0.05, 0.1) is 0 Å². The summed E-state index contributed by atoms with van der Waals surface area (Å²) in [6.45, 7) is 19.6. The summed E-state index contributed by atoms with van der Waals surface area (Å²) in [5.74, 6) is 3.63. The van der Waals surface area contributed by atoms with Crippen molar-refractivity contribution in [3.05, 3.63) is 12.2 Å². The van der Waals surface area contributed by atoms with Gasteiger partial charge in [-0.1, -0.05) is 66.0 Å². The summed E-state index contributed by atoms with van der Waals surface area (Å²) in [6, 6.07) is 0. The first kappa shape index (κ1) is 17.6. The summed E-state index contributed by atoms with van der Waals surface area (Å²) in [6.07, 6.45) is 11.5. The molecule has 0 amide bonds. The number of hydrogen-bond acceptors (Lipinski definition) is 0. The van der Waals surface area contributed by atoms with Crippen molar-refractivity contribution >= 4 is 0 Å². The molecule has 0 aliphatic heterocycles. The summed E-state index contributed by atoms with van der Waals surface area (Å²) in [7, 11) is 0. The van der Waals surface area contributed by atoms with Crippen LogP contribution in [0.2, 0.25) is 0 Å². The Morgan fingerprint density at radius 1 is 1.04 bits per heavy atom. The smallest absolute Gasteiger partial charge is 0.00908 e. The SMILES string of the molecule is C=C(C)C1(C)CCC2C(CC(C)C3(C)CCCCC23C)C1CC. The molecule has 7 unspecified atom stereocenters. The van der Waals surface area contributed by atoms with Gasteiger partial charge in [0, 0.05) is 0 Å². The second kappa shape index (κ2) is 5.63. The maximum absolute atomic E-state index is 4.42. The molecule has 3 aliphatic rings. The Balaban J connectivity index is 2.01. The minimum atomic E-state index is 0.383. The molecule has 3 rings (SSSR count). The molecule has 0 spiro atoms. The van der Waals surface area contributed by atoms with Gasteiger partial charge in [0.25, 0.3) is 0 Å². The van der Waals surface area contributed by atoms with E-state index in [1.54, 1.807) is 0 Å². The van der Waals surface area contributed by atoms with Crippen molar-refractivity contribution < 1.29 is 0 Å². The van der Waals surface area contributed by atoms with Crippen LogP contribution in [-0.4, -0.2) is 0 Å². The monoisotopic (exact) mass is 316 g/mol. The van der Waals surface area contributed by atoms with Crippen LogP contribution in [0.4, 0.5) is 0 Å². The Hall–Kier alpha value is -0.260. The topological polar surface area (TPSA) is 0 Å². The van der Waals surface area contributed by atoms with Gasteiger partial charge in [-0.3, -0.25) is 0 Å². The predicted molar refractivity (Wildman–Crippen MR) is 101 cm³/mol. The van der Waals surface area contributed by atoms with E-state index in [9.17, 15) is 0 Å². The van der Waals surface area contributed by atoms with Gasteiger partial charge >= 0.3 is 0 Å². The maximum atomic E-state index is 4.42. The molecule has 7 atom stereocenters. The Morgan fingerprint density at radius 3 is 2.22 bits per heavy atom. The van der Waals surface area contributed by atoms with Crippen molar-refractivity contribution in [2.75, 3.05) is 0 Å². The molecule has 0 saturated heterocycles. The maximum Gasteiger partial charge on any atom is -0.00908 e. The molecule has 132 valence electrons. The zero-order valence-electron chi connectivity index (χ0n) is 16.7. The minimum Gasteiger partial charge on any atom is -0.0996 e. The molecule has 0 aromatic heterocycles. The first-order valence-corrected chi connectivity index (χ1v) is 10.4. The lowest BCUT2D eigenvalue weighted by atomic mass is 9.38. The highest BCUT2D eigenvalue weighted by molar-refractivity contribution is 5.16. The zero-order chi connectivity index (χ0) is 17.0. The van der Waals surface area contributed by atoms with E-state index in [4.69, 9.17) is 0 Å². The van der Waals surface area contributed by atoms with E-state index in [0.717, 1.165) is 23.7 Å². The highest BCUT2D eigenvalue weighted by Crippen LogP contribution is 2.70. The molecule has 0 heteroatoms. The van der Waals surface area contributed by atoms with Crippen LogP contribution in [0.25, 0.3) is 0 Å². The fraction of sp³-hybridized carbons (Fsp3) is 0.913. The summed E-state index contributed by atoms with van der Waals surface area (Å²) in [4.78, 5) is 0. The molecule has 3 saturated carbocycles. The van der Waals surface area contributed by atoms with E-state index in [1.165, 1.54) is 56.9 Å². The van der Waals surface area contributed by atoms with Gasteiger partial charge in [0.2, 0.25) is 0 Å². The number of allylic oxidation sites excluding steroid dienone is 1. The lowest BCUT2D eigenvalue weighted by molar-refractivity contribution is -0.175. The lowest BCUT2D eigenvalue weighted by Gasteiger charge is -2.67. The van der Waals surface area contributed by atoms with Crippen LogP contribution in [0.15, 0.2) is 12.2 Å². The first-order valence-electron chi connectivity index (χ1n) is 10.4.